The van der Waals surface area contributed by atoms with Gasteiger partial charge in [-0.25, -0.2) is 4.79 Å². The Bertz CT molecular complexity index is 845. The van der Waals surface area contributed by atoms with Crippen molar-refractivity contribution in [3.63, 3.8) is 0 Å². The van der Waals surface area contributed by atoms with Crippen molar-refractivity contribution in [3.05, 3.63) is 35.7 Å². The molecule has 0 fully saturated rings. The SMILES string of the molecule is COc1cc2cc(C)[nH]c2cc1-c1cc(C(=O)O)nn1C. The highest BCUT2D eigenvalue weighted by Crippen LogP contribution is 2.34. The number of aryl methyl sites for hydroxylation is 2. The highest BCUT2D eigenvalue weighted by Gasteiger charge is 2.17. The standard InChI is InChI=1S/C15H15N3O3/c1-8-4-9-5-14(21-3)10(6-11(9)16-8)13-7-12(15(19)20)17-18(13)2/h4-7,16H,1-3H3,(H,19,20). The normalized spacial score (nSPS) is 11.0. The van der Waals surface area contributed by atoms with Crippen LogP contribution < -0.4 is 4.74 Å². The van der Waals surface area contributed by atoms with Crippen molar-refractivity contribution in [3.8, 4) is 17.0 Å². The number of carbonyl (C=O) groups is 1. The number of nitrogens with zero attached hydrogens (tertiary/aromatic N) is 2. The largest absolute Gasteiger partial charge is 0.496 e. The zero-order chi connectivity index (χ0) is 15.1. The fraction of sp³-hybridized carbons (Fsp3) is 0.200. The molecule has 2 heterocycles. The number of H-pyrrole nitrogens is 1. The van der Waals surface area contributed by atoms with Crippen LogP contribution in [-0.2, 0) is 7.05 Å². The second-order valence-electron chi connectivity index (χ2n) is 4.94. The number of benzene rings is 1. The van der Waals surface area contributed by atoms with Gasteiger partial charge in [-0.2, -0.15) is 5.10 Å². The summed E-state index contributed by atoms with van der Waals surface area (Å²) >= 11 is 0. The van der Waals surface area contributed by atoms with Crippen LogP contribution in [0.4, 0.5) is 0 Å². The molecule has 0 spiro atoms. The fourth-order valence-electron chi connectivity index (χ4n) is 2.50. The van der Waals surface area contributed by atoms with Crippen LogP contribution in [0.3, 0.4) is 0 Å². The molecule has 0 bridgehead atoms. The number of carboxylic acid groups (broad SMARTS) is 1. The van der Waals surface area contributed by atoms with Gasteiger partial charge in [-0.3, -0.25) is 4.68 Å². The Hall–Kier alpha value is -2.76. The lowest BCUT2D eigenvalue weighted by atomic mass is 10.1. The molecule has 0 aliphatic carbocycles. The molecule has 2 N–H and O–H groups in total. The molecule has 0 amide bonds. The third-order valence-electron chi connectivity index (χ3n) is 3.45. The van der Waals surface area contributed by atoms with E-state index in [2.05, 4.69) is 10.1 Å². The van der Waals surface area contributed by atoms with Crippen molar-refractivity contribution >= 4 is 16.9 Å². The first kappa shape index (κ1) is 13.2. The van der Waals surface area contributed by atoms with Gasteiger partial charge >= 0.3 is 5.97 Å². The van der Waals surface area contributed by atoms with Crippen LogP contribution in [0.15, 0.2) is 24.3 Å². The molecule has 6 heteroatoms. The molecule has 0 saturated carbocycles. The zero-order valence-electron chi connectivity index (χ0n) is 12.0. The van der Waals surface area contributed by atoms with Crippen molar-refractivity contribution in [2.75, 3.05) is 7.11 Å². The number of aromatic amines is 1. The quantitative estimate of drug-likeness (QED) is 0.775. The van der Waals surface area contributed by atoms with Crippen LogP contribution >= 0.6 is 0 Å². The fourth-order valence-corrected chi connectivity index (χ4v) is 2.50. The molecule has 3 aromatic rings. The van der Waals surface area contributed by atoms with Gasteiger partial charge in [-0.15, -0.1) is 0 Å². The van der Waals surface area contributed by atoms with E-state index in [-0.39, 0.29) is 5.69 Å². The Morgan fingerprint density at radius 2 is 2.10 bits per heavy atom. The molecule has 108 valence electrons. The van der Waals surface area contributed by atoms with Crippen molar-refractivity contribution in [2.45, 2.75) is 6.92 Å². The molecule has 0 saturated heterocycles. The second-order valence-corrected chi connectivity index (χ2v) is 4.94. The van der Waals surface area contributed by atoms with Crippen LogP contribution in [0.5, 0.6) is 5.75 Å². The number of aromatic carboxylic acids is 1. The summed E-state index contributed by atoms with van der Waals surface area (Å²) in [6, 6.07) is 7.46. The maximum Gasteiger partial charge on any atom is 0.356 e. The summed E-state index contributed by atoms with van der Waals surface area (Å²) in [7, 11) is 3.31. The molecule has 0 radical (unpaired) electrons. The number of ether oxygens (including phenoxy) is 1. The number of carboxylic acids is 1. The van der Waals surface area contributed by atoms with E-state index in [0.717, 1.165) is 22.2 Å². The highest BCUT2D eigenvalue weighted by atomic mass is 16.5. The summed E-state index contributed by atoms with van der Waals surface area (Å²) in [5.41, 5.74) is 3.53. The molecule has 0 aliphatic heterocycles. The maximum absolute atomic E-state index is 11.1. The molecule has 0 atom stereocenters. The minimum atomic E-state index is -1.05. The van der Waals surface area contributed by atoms with E-state index in [4.69, 9.17) is 9.84 Å². The highest BCUT2D eigenvalue weighted by molar-refractivity contribution is 5.91. The number of fused-ring (bicyclic) bond motifs is 1. The van der Waals surface area contributed by atoms with E-state index in [1.54, 1.807) is 24.9 Å². The van der Waals surface area contributed by atoms with Gasteiger partial charge < -0.3 is 14.8 Å². The summed E-state index contributed by atoms with van der Waals surface area (Å²) in [5.74, 6) is -0.367. The second kappa shape index (κ2) is 4.66. The zero-order valence-corrected chi connectivity index (χ0v) is 12.0. The predicted octanol–water partition coefficient (Wildman–Crippen LogP) is 2.58. The van der Waals surface area contributed by atoms with E-state index in [1.165, 1.54) is 0 Å². The van der Waals surface area contributed by atoms with Crippen LogP contribution in [0.1, 0.15) is 16.2 Å². The lowest BCUT2D eigenvalue weighted by Crippen LogP contribution is -1.99. The van der Waals surface area contributed by atoms with Gasteiger partial charge in [0.1, 0.15) is 5.75 Å². The first-order valence-corrected chi connectivity index (χ1v) is 6.44. The summed E-state index contributed by atoms with van der Waals surface area (Å²) in [4.78, 5) is 14.3. The molecule has 0 unspecified atom stereocenters. The molecule has 3 rings (SSSR count). The summed E-state index contributed by atoms with van der Waals surface area (Å²) in [5, 5.41) is 14.1. The van der Waals surface area contributed by atoms with Crippen molar-refractivity contribution < 1.29 is 14.6 Å². The van der Waals surface area contributed by atoms with Gasteiger partial charge in [-0.05, 0) is 31.2 Å². The number of hydrogen-bond donors (Lipinski definition) is 2. The van der Waals surface area contributed by atoms with E-state index in [1.807, 2.05) is 25.1 Å². The van der Waals surface area contributed by atoms with E-state index < -0.39 is 5.97 Å². The topological polar surface area (TPSA) is 80.1 Å². The molecular formula is C15H15N3O3. The molecular weight excluding hydrogens is 270 g/mol. The number of aromatic nitrogens is 3. The van der Waals surface area contributed by atoms with E-state index >= 15 is 0 Å². The van der Waals surface area contributed by atoms with E-state index in [9.17, 15) is 4.79 Å². The Morgan fingerprint density at radius 1 is 1.33 bits per heavy atom. The number of methoxy groups -OCH3 is 1. The number of rotatable bonds is 3. The third-order valence-corrected chi connectivity index (χ3v) is 3.45. The molecule has 2 aromatic heterocycles. The minimum Gasteiger partial charge on any atom is -0.496 e. The van der Waals surface area contributed by atoms with Crippen LogP contribution in [0, 0.1) is 6.92 Å². The van der Waals surface area contributed by atoms with E-state index in [0.29, 0.717) is 11.4 Å². The lowest BCUT2D eigenvalue weighted by molar-refractivity contribution is 0.0689. The average Bonchev–Trinajstić information content (AvgIpc) is 2.98. The minimum absolute atomic E-state index is 0.0114. The summed E-state index contributed by atoms with van der Waals surface area (Å²) < 4.78 is 6.98. The van der Waals surface area contributed by atoms with Crippen molar-refractivity contribution in [1.29, 1.82) is 0 Å². The molecule has 21 heavy (non-hydrogen) atoms. The van der Waals surface area contributed by atoms with Gasteiger partial charge in [0.2, 0.25) is 0 Å². The maximum atomic E-state index is 11.1. The van der Waals surface area contributed by atoms with Crippen LogP contribution in [0.25, 0.3) is 22.2 Å². The molecule has 6 nitrogen and oxygen atoms in total. The number of hydrogen-bond acceptors (Lipinski definition) is 3. The van der Waals surface area contributed by atoms with Gasteiger partial charge in [-0.1, -0.05) is 0 Å². The molecule has 0 aliphatic rings. The van der Waals surface area contributed by atoms with Crippen LogP contribution in [0.2, 0.25) is 0 Å². The smallest absolute Gasteiger partial charge is 0.356 e. The Labute approximate surface area is 121 Å². The summed E-state index contributed by atoms with van der Waals surface area (Å²) in [6.07, 6.45) is 0. The van der Waals surface area contributed by atoms with Crippen molar-refractivity contribution in [2.24, 2.45) is 7.05 Å². The first-order valence-electron chi connectivity index (χ1n) is 6.44. The lowest BCUT2D eigenvalue weighted by Gasteiger charge is -2.09. The van der Waals surface area contributed by atoms with Gasteiger partial charge in [0.25, 0.3) is 0 Å². The summed E-state index contributed by atoms with van der Waals surface area (Å²) in [6.45, 7) is 1.98. The predicted molar refractivity (Wildman–Crippen MR) is 78.7 cm³/mol. The van der Waals surface area contributed by atoms with Crippen molar-refractivity contribution in [1.82, 2.24) is 14.8 Å². The van der Waals surface area contributed by atoms with Gasteiger partial charge in [0, 0.05) is 29.2 Å². The van der Waals surface area contributed by atoms with Gasteiger partial charge in [0.05, 0.1) is 12.8 Å². The Kier molecular flexibility index (Phi) is 2.94. The first-order chi connectivity index (χ1) is 9.99. The van der Waals surface area contributed by atoms with Crippen LogP contribution in [-0.4, -0.2) is 33.0 Å². The van der Waals surface area contributed by atoms with Gasteiger partial charge in [0.15, 0.2) is 5.69 Å². The average molecular weight is 285 g/mol. The third kappa shape index (κ3) is 2.14. The molecule has 1 aromatic carbocycles. The monoisotopic (exact) mass is 285 g/mol. The Balaban J connectivity index is 2.25. The number of nitrogens with one attached hydrogen (secondary N) is 1. The Morgan fingerprint density at radius 3 is 2.71 bits per heavy atom.